The van der Waals surface area contributed by atoms with Crippen molar-refractivity contribution in [3.8, 4) is 22.8 Å². The van der Waals surface area contributed by atoms with Gasteiger partial charge in [-0.15, -0.1) is 0 Å². The molecular formula is C30H35N3O2. The lowest BCUT2D eigenvalue weighted by Gasteiger charge is -2.15. The number of aromatic nitrogens is 3. The Kier molecular flexibility index (Phi) is 7.54. The number of rotatable bonds is 7. The Labute approximate surface area is 208 Å². The van der Waals surface area contributed by atoms with Gasteiger partial charge in [-0.2, -0.15) is 9.61 Å². The van der Waals surface area contributed by atoms with Crippen LogP contribution in [-0.2, 0) is 0 Å². The third-order valence-corrected chi connectivity index (χ3v) is 6.45. The summed E-state index contributed by atoms with van der Waals surface area (Å²) < 4.78 is 13.2. The van der Waals surface area contributed by atoms with E-state index < -0.39 is 0 Å². The maximum absolute atomic E-state index is 6.01. The molecule has 0 N–H and O–H groups in total. The summed E-state index contributed by atoms with van der Waals surface area (Å²) in [6, 6.07) is 7.98. The van der Waals surface area contributed by atoms with Crippen molar-refractivity contribution in [1.29, 1.82) is 0 Å². The van der Waals surface area contributed by atoms with Gasteiger partial charge in [0.1, 0.15) is 11.4 Å². The summed E-state index contributed by atoms with van der Waals surface area (Å²) in [4.78, 5) is 5.12. The van der Waals surface area contributed by atoms with Crippen molar-refractivity contribution in [2.45, 2.75) is 53.4 Å². The van der Waals surface area contributed by atoms with E-state index in [1.54, 1.807) is 14.2 Å². The maximum Gasteiger partial charge on any atom is 0.226 e. The molecule has 0 atom stereocenters. The Bertz CT molecular complexity index is 1330. The summed E-state index contributed by atoms with van der Waals surface area (Å²) in [5.41, 5.74) is 9.42. The van der Waals surface area contributed by atoms with Crippen LogP contribution in [0, 0.1) is 6.92 Å². The molecule has 0 aliphatic heterocycles. The number of methoxy groups -OCH3 is 2. The van der Waals surface area contributed by atoms with E-state index in [-0.39, 0.29) is 0 Å². The van der Waals surface area contributed by atoms with Crippen LogP contribution in [-0.4, -0.2) is 28.8 Å². The number of benzene rings is 1. The largest absolute Gasteiger partial charge is 0.497 e. The first-order valence-electron chi connectivity index (χ1n) is 12.3. The first-order chi connectivity index (χ1) is 17.0. The predicted octanol–water partition coefficient (Wildman–Crippen LogP) is 7.61. The van der Waals surface area contributed by atoms with E-state index in [1.165, 1.54) is 24.0 Å². The van der Waals surface area contributed by atoms with Crippen molar-refractivity contribution in [1.82, 2.24) is 14.6 Å². The summed E-state index contributed by atoms with van der Waals surface area (Å²) >= 11 is 0. The van der Waals surface area contributed by atoms with Crippen molar-refractivity contribution in [2.24, 2.45) is 0 Å². The van der Waals surface area contributed by atoms with Crippen LogP contribution in [0.15, 0.2) is 60.2 Å². The quantitative estimate of drug-likeness (QED) is 0.334. The molecule has 3 aromatic rings. The molecule has 4 rings (SSSR count). The van der Waals surface area contributed by atoms with Gasteiger partial charge in [-0.25, -0.2) is 4.98 Å². The number of hydrogen-bond acceptors (Lipinski definition) is 4. The molecule has 1 aromatic carbocycles. The number of hydrogen-bond donors (Lipinski definition) is 0. The zero-order valence-corrected chi connectivity index (χ0v) is 21.7. The molecule has 0 unspecified atom stereocenters. The average molecular weight is 470 g/mol. The second kappa shape index (κ2) is 10.8. The third-order valence-electron chi connectivity index (χ3n) is 6.45. The minimum absolute atomic E-state index is 0.687. The highest BCUT2D eigenvalue weighted by molar-refractivity contribution is 5.90. The highest BCUT2D eigenvalue weighted by Crippen LogP contribution is 2.40. The van der Waals surface area contributed by atoms with Crippen LogP contribution in [0.3, 0.4) is 0 Å². The molecule has 5 nitrogen and oxygen atoms in total. The van der Waals surface area contributed by atoms with E-state index in [1.807, 2.05) is 54.8 Å². The molecule has 0 spiro atoms. The summed E-state index contributed by atoms with van der Waals surface area (Å²) in [5.74, 6) is 1.50. The van der Waals surface area contributed by atoms with Gasteiger partial charge in [-0.05, 0) is 76.6 Å². The van der Waals surface area contributed by atoms with Crippen molar-refractivity contribution >= 4 is 16.8 Å². The second-order valence-electron chi connectivity index (χ2n) is 9.04. The summed E-state index contributed by atoms with van der Waals surface area (Å²) in [7, 11) is 3.38. The van der Waals surface area contributed by atoms with Gasteiger partial charge < -0.3 is 9.47 Å². The van der Waals surface area contributed by atoms with Crippen molar-refractivity contribution < 1.29 is 9.47 Å². The summed E-state index contributed by atoms with van der Waals surface area (Å²) in [6.07, 6.45) is 15.2. The van der Waals surface area contributed by atoms with E-state index in [9.17, 15) is 0 Å². The lowest BCUT2D eigenvalue weighted by atomic mass is 9.91. The second-order valence-corrected chi connectivity index (χ2v) is 9.04. The van der Waals surface area contributed by atoms with Crippen molar-refractivity contribution in [2.75, 3.05) is 14.2 Å². The van der Waals surface area contributed by atoms with Gasteiger partial charge in [-0.3, -0.25) is 0 Å². The molecule has 0 radical (unpaired) electrons. The smallest absolute Gasteiger partial charge is 0.226 e. The average Bonchev–Trinajstić information content (AvgIpc) is 3.24. The molecule has 2 aromatic heterocycles. The Morgan fingerprint density at radius 2 is 1.77 bits per heavy atom. The normalized spacial score (nSPS) is 14.1. The van der Waals surface area contributed by atoms with E-state index in [0.717, 1.165) is 57.9 Å². The highest BCUT2D eigenvalue weighted by atomic mass is 16.5. The topological polar surface area (TPSA) is 48.7 Å². The van der Waals surface area contributed by atoms with Crippen molar-refractivity contribution in [3.05, 3.63) is 77.2 Å². The van der Waals surface area contributed by atoms with Crippen molar-refractivity contribution in [3.63, 3.8) is 0 Å². The fourth-order valence-corrected chi connectivity index (χ4v) is 4.70. The number of nitrogens with zero attached hydrogens (tertiary/aromatic N) is 3. The lowest BCUT2D eigenvalue weighted by molar-refractivity contribution is 0.386. The highest BCUT2D eigenvalue weighted by Gasteiger charge is 2.26. The van der Waals surface area contributed by atoms with E-state index in [4.69, 9.17) is 19.6 Å². The molecule has 1 aliphatic rings. The third kappa shape index (κ3) is 4.81. The number of ether oxygens (including phenoxy) is 2. The molecule has 0 bridgehead atoms. The van der Waals surface area contributed by atoms with Gasteiger partial charge in [0, 0.05) is 5.57 Å². The fourth-order valence-electron chi connectivity index (χ4n) is 4.70. The maximum atomic E-state index is 6.01. The lowest BCUT2D eigenvalue weighted by Crippen LogP contribution is -2.04. The molecule has 5 heteroatoms. The van der Waals surface area contributed by atoms with E-state index in [0.29, 0.717) is 5.88 Å². The van der Waals surface area contributed by atoms with Crippen LogP contribution < -0.4 is 9.47 Å². The van der Waals surface area contributed by atoms with Crippen LogP contribution in [0.1, 0.15) is 63.4 Å². The van der Waals surface area contributed by atoms with Gasteiger partial charge >= 0.3 is 0 Å². The van der Waals surface area contributed by atoms with Crippen LogP contribution in [0.5, 0.6) is 11.6 Å². The monoisotopic (exact) mass is 469 g/mol. The Hall–Kier alpha value is -3.60. The molecule has 0 fully saturated rings. The molecule has 35 heavy (non-hydrogen) atoms. The molecule has 1 aliphatic carbocycles. The first kappa shape index (κ1) is 24.5. The van der Waals surface area contributed by atoms with Gasteiger partial charge in [0.15, 0.2) is 5.65 Å². The molecule has 0 saturated carbocycles. The first-order valence-corrected chi connectivity index (χ1v) is 12.3. The SMILES string of the molecule is C/C=C\C=C/C(=C(C)C)c1nn2c(OC)c(-c3ccc(OC)cc3)c(C)nc2c1C1=CCCCC1. The van der Waals surface area contributed by atoms with E-state index >= 15 is 0 Å². The van der Waals surface area contributed by atoms with Crippen LogP contribution in [0.25, 0.3) is 27.9 Å². The Morgan fingerprint density at radius 1 is 1.00 bits per heavy atom. The van der Waals surface area contributed by atoms with E-state index in [2.05, 4.69) is 32.1 Å². The predicted molar refractivity (Wildman–Crippen MR) is 145 cm³/mol. The Balaban J connectivity index is 2.04. The minimum Gasteiger partial charge on any atom is -0.497 e. The minimum atomic E-state index is 0.687. The zero-order valence-electron chi connectivity index (χ0n) is 21.7. The number of fused-ring (bicyclic) bond motifs is 1. The van der Waals surface area contributed by atoms with Crippen LogP contribution >= 0.6 is 0 Å². The van der Waals surface area contributed by atoms with Gasteiger partial charge in [-0.1, -0.05) is 48.1 Å². The van der Waals surface area contributed by atoms with Gasteiger partial charge in [0.25, 0.3) is 0 Å². The number of allylic oxidation sites excluding steroid dienone is 8. The molecule has 0 amide bonds. The fraction of sp³-hybridized carbons (Fsp3) is 0.333. The standard InChI is InChI=1S/C30H35N3O2/c1-7-8-10-15-25(20(2)3)28-27(22-13-11-9-12-14-22)29-31-21(4)26(30(35-6)33(29)32-28)23-16-18-24(34-5)19-17-23/h7-8,10,13,15-19H,9,11-12,14H2,1-6H3/b8-7-,15-10-. The summed E-state index contributed by atoms with van der Waals surface area (Å²) in [6.45, 7) is 8.34. The molecule has 0 saturated heterocycles. The molecule has 2 heterocycles. The molecule has 182 valence electrons. The number of aryl methyl sites for hydroxylation is 1. The van der Waals surface area contributed by atoms with Gasteiger partial charge in [0.2, 0.25) is 5.88 Å². The Morgan fingerprint density at radius 3 is 2.37 bits per heavy atom. The molecular weight excluding hydrogens is 434 g/mol. The van der Waals surface area contributed by atoms with Crippen LogP contribution in [0.2, 0.25) is 0 Å². The van der Waals surface area contributed by atoms with Crippen LogP contribution in [0.4, 0.5) is 0 Å². The van der Waals surface area contributed by atoms with Gasteiger partial charge in [0.05, 0.1) is 31.0 Å². The zero-order chi connectivity index (χ0) is 24.9. The summed E-state index contributed by atoms with van der Waals surface area (Å²) in [5, 5.41) is 5.15.